The minimum absolute atomic E-state index is 0.0510. The lowest BCUT2D eigenvalue weighted by atomic mass is 9.89. The van der Waals surface area contributed by atoms with Crippen LogP contribution in [-0.2, 0) is 11.2 Å². The SMILES string of the molecule is Bc1ccccc1CC(=O)Nc1nc(-c2ccncc2)cs1. The maximum atomic E-state index is 12.1. The third-order valence-corrected chi connectivity index (χ3v) is 4.10. The van der Waals surface area contributed by atoms with E-state index < -0.39 is 0 Å². The monoisotopic (exact) mass is 307 g/mol. The van der Waals surface area contributed by atoms with Gasteiger partial charge in [0.05, 0.1) is 12.1 Å². The Morgan fingerprint density at radius 2 is 1.95 bits per heavy atom. The minimum Gasteiger partial charge on any atom is -0.302 e. The van der Waals surface area contributed by atoms with Gasteiger partial charge in [-0.1, -0.05) is 29.7 Å². The van der Waals surface area contributed by atoms with Gasteiger partial charge in [0.1, 0.15) is 7.85 Å². The van der Waals surface area contributed by atoms with Crippen molar-refractivity contribution in [3.63, 3.8) is 0 Å². The standard InChI is InChI=1S/C16H14BN3OS/c17-13-4-2-1-3-12(13)9-15(21)20-16-19-14(10-22-16)11-5-7-18-8-6-11/h1-8,10H,9,17H2,(H,19,20,21). The normalized spacial score (nSPS) is 10.4. The number of hydrogen-bond acceptors (Lipinski definition) is 4. The molecule has 22 heavy (non-hydrogen) atoms. The van der Waals surface area contributed by atoms with E-state index in [4.69, 9.17) is 0 Å². The maximum absolute atomic E-state index is 12.1. The van der Waals surface area contributed by atoms with Crippen LogP contribution < -0.4 is 10.8 Å². The van der Waals surface area contributed by atoms with E-state index in [-0.39, 0.29) is 5.91 Å². The summed E-state index contributed by atoms with van der Waals surface area (Å²) in [4.78, 5) is 20.6. The van der Waals surface area contributed by atoms with Gasteiger partial charge in [-0.15, -0.1) is 11.3 Å². The number of hydrogen-bond donors (Lipinski definition) is 1. The first kappa shape index (κ1) is 14.5. The summed E-state index contributed by atoms with van der Waals surface area (Å²) in [5.74, 6) is -0.0510. The van der Waals surface area contributed by atoms with E-state index >= 15 is 0 Å². The van der Waals surface area contributed by atoms with Gasteiger partial charge in [-0.3, -0.25) is 9.78 Å². The van der Waals surface area contributed by atoms with Gasteiger partial charge in [0.25, 0.3) is 0 Å². The lowest BCUT2D eigenvalue weighted by Crippen LogP contribution is -2.19. The molecule has 0 saturated heterocycles. The molecule has 0 atom stereocenters. The fourth-order valence-electron chi connectivity index (χ4n) is 2.13. The number of carbonyl (C=O) groups is 1. The molecule has 0 bridgehead atoms. The first-order chi connectivity index (χ1) is 10.7. The Morgan fingerprint density at radius 3 is 2.73 bits per heavy atom. The Morgan fingerprint density at radius 1 is 1.18 bits per heavy atom. The van der Waals surface area contributed by atoms with Gasteiger partial charge in [-0.2, -0.15) is 0 Å². The number of aromatic nitrogens is 2. The number of pyridine rings is 1. The van der Waals surface area contributed by atoms with Crippen LogP contribution in [0.15, 0.2) is 54.2 Å². The van der Waals surface area contributed by atoms with Crippen LogP contribution in [-0.4, -0.2) is 23.7 Å². The average Bonchev–Trinajstić information content (AvgIpc) is 2.99. The molecule has 0 aliphatic heterocycles. The van der Waals surface area contributed by atoms with E-state index in [0.717, 1.165) is 22.3 Å². The first-order valence-corrected chi connectivity index (χ1v) is 7.80. The van der Waals surface area contributed by atoms with Gasteiger partial charge < -0.3 is 5.32 Å². The fraction of sp³-hybridized carbons (Fsp3) is 0.0625. The number of nitrogens with zero attached hydrogens (tertiary/aromatic N) is 2. The van der Waals surface area contributed by atoms with Crippen molar-refractivity contribution in [1.29, 1.82) is 0 Å². The van der Waals surface area contributed by atoms with E-state index in [2.05, 4.69) is 15.3 Å². The summed E-state index contributed by atoms with van der Waals surface area (Å²) in [6.07, 6.45) is 3.81. The molecule has 0 radical (unpaired) electrons. The minimum atomic E-state index is -0.0510. The van der Waals surface area contributed by atoms with Crippen molar-refractivity contribution in [3.8, 4) is 11.3 Å². The van der Waals surface area contributed by atoms with Crippen molar-refractivity contribution in [1.82, 2.24) is 9.97 Å². The topological polar surface area (TPSA) is 54.9 Å². The number of rotatable bonds is 4. The van der Waals surface area contributed by atoms with Gasteiger partial charge in [0, 0.05) is 23.3 Å². The first-order valence-electron chi connectivity index (χ1n) is 6.92. The van der Waals surface area contributed by atoms with Crippen molar-refractivity contribution < 1.29 is 4.79 Å². The number of amides is 1. The molecule has 0 fully saturated rings. The number of thiazole rings is 1. The molecular formula is C16H14BN3OS. The second kappa shape index (κ2) is 6.53. The van der Waals surface area contributed by atoms with Crippen molar-refractivity contribution >= 4 is 35.7 Å². The van der Waals surface area contributed by atoms with Crippen LogP contribution in [0.2, 0.25) is 0 Å². The van der Waals surface area contributed by atoms with Gasteiger partial charge in [0.15, 0.2) is 5.13 Å². The third-order valence-electron chi connectivity index (χ3n) is 3.34. The number of anilines is 1. The highest BCUT2D eigenvalue weighted by molar-refractivity contribution is 7.14. The van der Waals surface area contributed by atoms with Gasteiger partial charge in [-0.25, -0.2) is 4.98 Å². The fourth-order valence-corrected chi connectivity index (χ4v) is 2.87. The highest BCUT2D eigenvalue weighted by Crippen LogP contribution is 2.24. The summed E-state index contributed by atoms with van der Waals surface area (Å²) in [6.45, 7) is 0. The molecule has 1 N–H and O–H groups in total. The molecule has 0 aliphatic carbocycles. The van der Waals surface area contributed by atoms with Crippen LogP contribution >= 0.6 is 11.3 Å². The molecule has 2 aromatic heterocycles. The van der Waals surface area contributed by atoms with Gasteiger partial charge >= 0.3 is 0 Å². The zero-order valence-corrected chi connectivity index (χ0v) is 12.9. The Balaban J connectivity index is 1.68. The summed E-state index contributed by atoms with van der Waals surface area (Å²) in [5, 5.41) is 5.41. The number of nitrogens with one attached hydrogen (secondary N) is 1. The van der Waals surface area contributed by atoms with E-state index in [1.165, 1.54) is 11.3 Å². The van der Waals surface area contributed by atoms with Crippen LogP contribution in [0.5, 0.6) is 0 Å². The number of carbonyl (C=O) groups excluding carboxylic acids is 1. The van der Waals surface area contributed by atoms with E-state index in [1.807, 2.05) is 49.6 Å². The molecule has 3 rings (SSSR count). The summed E-state index contributed by atoms with van der Waals surface area (Å²) < 4.78 is 0. The number of benzene rings is 1. The molecule has 6 heteroatoms. The highest BCUT2D eigenvalue weighted by Gasteiger charge is 2.09. The van der Waals surface area contributed by atoms with Crippen LogP contribution in [0, 0.1) is 0 Å². The zero-order chi connectivity index (χ0) is 15.4. The summed E-state index contributed by atoms with van der Waals surface area (Å²) in [5.41, 5.74) is 3.99. The maximum Gasteiger partial charge on any atom is 0.230 e. The van der Waals surface area contributed by atoms with Gasteiger partial charge in [0.2, 0.25) is 5.91 Å². The Bertz CT molecular complexity index is 789. The van der Waals surface area contributed by atoms with Crippen LogP contribution in [0.3, 0.4) is 0 Å². The molecule has 3 aromatic rings. The highest BCUT2D eigenvalue weighted by atomic mass is 32.1. The molecular weight excluding hydrogens is 293 g/mol. The Kier molecular flexibility index (Phi) is 4.30. The van der Waals surface area contributed by atoms with E-state index in [0.29, 0.717) is 11.6 Å². The van der Waals surface area contributed by atoms with Crippen molar-refractivity contribution in [2.45, 2.75) is 6.42 Å². The molecule has 4 nitrogen and oxygen atoms in total. The lowest BCUT2D eigenvalue weighted by Gasteiger charge is -2.05. The molecule has 2 heterocycles. The summed E-state index contributed by atoms with van der Waals surface area (Å²) in [6, 6.07) is 11.7. The Labute approximate surface area is 133 Å². The Hall–Kier alpha value is -2.47. The van der Waals surface area contributed by atoms with Crippen molar-refractivity contribution in [2.24, 2.45) is 0 Å². The molecule has 108 valence electrons. The van der Waals surface area contributed by atoms with E-state index in [9.17, 15) is 4.79 Å². The van der Waals surface area contributed by atoms with Crippen LogP contribution in [0.1, 0.15) is 5.56 Å². The third kappa shape index (κ3) is 3.40. The smallest absolute Gasteiger partial charge is 0.230 e. The lowest BCUT2D eigenvalue weighted by molar-refractivity contribution is -0.115. The summed E-state index contributed by atoms with van der Waals surface area (Å²) in [7, 11) is 2.01. The second-order valence-electron chi connectivity index (χ2n) is 4.93. The molecule has 1 amide bonds. The van der Waals surface area contributed by atoms with Crippen LogP contribution in [0.4, 0.5) is 5.13 Å². The molecule has 0 spiro atoms. The predicted octanol–water partition coefficient (Wildman–Crippen LogP) is 1.64. The summed E-state index contributed by atoms with van der Waals surface area (Å²) >= 11 is 1.42. The van der Waals surface area contributed by atoms with Crippen molar-refractivity contribution in [2.75, 3.05) is 5.32 Å². The predicted molar refractivity (Wildman–Crippen MR) is 92.3 cm³/mol. The quantitative estimate of drug-likeness (QED) is 0.746. The zero-order valence-electron chi connectivity index (χ0n) is 12.1. The molecule has 1 aromatic carbocycles. The van der Waals surface area contributed by atoms with E-state index in [1.54, 1.807) is 12.4 Å². The van der Waals surface area contributed by atoms with Gasteiger partial charge in [-0.05, 0) is 17.7 Å². The molecule has 0 aliphatic rings. The average molecular weight is 307 g/mol. The molecule has 0 saturated carbocycles. The van der Waals surface area contributed by atoms with Crippen LogP contribution in [0.25, 0.3) is 11.3 Å². The second-order valence-corrected chi connectivity index (χ2v) is 5.78. The largest absolute Gasteiger partial charge is 0.302 e. The van der Waals surface area contributed by atoms with Crippen molar-refractivity contribution in [3.05, 3.63) is 59.7 Å². The molecule has 0 unspecified atom stereocenters.